The molecule has 0 atom stereocenters. The maximum atomic E-state index is 11.7. The van der Waals surface area contributed by atoms with Gasteiger partial charge in [0.15, 0.2) is 11.5 Å². The van der Waals surface area contributed by atoms with Gasteiger partial charge in [0.2, 0.25) is 0 Å². The van der Waals surface area contributed by atoms with Crippen LogP contribution in [0.2, 0.25) is 0 Å². The van der Waals surface area contributed by atoms with Crippen molar-refractivity contribution in [1.29, 1.82) is 5.26 Å². The van der Waals surface area contributed by atoms with Crippen molar-refractivity contribution in [2.45, 2.75) is 26.4 Å². The zero-order valence-electron chi connectivity index (χ0n) is 14.6. The molecule has 0 aliphatic heterocycles. The summed E-state index contributed by atoms with van der Waals surface area (Å²) in [5.74, 6) is 1.53. The fourth-order valence-corrected chi connectivity index (χ4v) is 1.98. The lowest BCUT2D eigenvalue weighted by molar-refractivity contribution is 0.0636. The van der Waals surface area contributed by atoms with Crippen molar-refractivity contribution in [3.63, 3.8) is 0 Å². The Labute approximate surface area is 146 Å². The van der Waals surface area contributed by atoms with E-state index in [-0.39, 0.29) is 0 Å². The molecule has 0 aliphatic rings. The van der Waals surface area contributed by atoms with Crippen LogP contribution in [-0.2, 0) is 4.74 Å². The molecule has 0 aliphatic carbocycles. The van der Waals surface area contributed by atoms with Gasteiger partial charge in [-0.25, -0.2) is 4.79 Å². The summed E-state index contributed by atoms with van der Waals surface area (Å²) in [6.07, 6.45) is -0.519. The van der Waals surface area contributed by atoms with Crippen LogP contribution in [0.4, 0.5) is 10.5 Å². The highest BCUT2D eigenvalue weighted by molar-refractivity contribution is 5.84. The van der Waals surface area contributed by atoms with Crippen LogP contribution in [0.15, 0.2) is 42.5 Å². The number of carbonyl (C=O) groups is 1. The standard InChI is InChI=1S/C19H20N2O4/c1-19(2,3)25-18(22)21-14-6-8-15(9-7-14)24-16-10-5-13(12-20)11-17(16)23-4/h5-11H,1-4H3,(H,21,22). The Morgan fingerprint density at radius 3 is 2.32 bits per heavy atom. The van der Waals surface area contributed by atoms with Crippen molar-refractivity contribution >= 4 is 11.8 Å². The smallest absolute Gasteiger partial charge is 0.412 e. The van der Waals surface area contributed by atoms with Gasteiger partial charge in [-0.15, -0.1) is 0 Å². The Morgan fingerprint density at radius 1 is 1.08 bits per heavy atom. The second-order valence-electron chi connectivity index (χ2n) is 6.23. The molecule has 2 aromatic rings. The molecule has 0 saturated heterocycles. The number of carbonyl (C=O) groups excluding carboxylic acids is 1. The maximum absolute atomic E-state index is 11.7. The average Bonchev–Trinajstić information content (AvgIpc) is 2.55. The van der Waals surface area contributed by atoms with Crippen LogP contribution in [0.1, 0.15) is 26.3 Å². The number of hydrogen-bond donors (Lipinski definition) is 1. The molecule has 0 heterocycles. The zero-order valence-corrected chi connectivity index (χ0v) is 14.6. The molecule has 1 N–H and O–H groups in total. The minimum atomic E-state index is -0.556. The van der Waals surface area contributed by atoms with E-state index < -0.39 is 11.7 Å². The normalized spacial score (nSPS) is 10.5. The Morgan fingerprint density at radius 2 is 1.76 bits per heavy atom. The monoisotopic (exact) mass is 340 g/mol. The first-order chi connectivity index (χ1) is 11.8. The number of hydrogen-bond acceptors (Lipinski definition) is 5. The summed E-state index contributed by atoms with van der Waals surface area (Å²) in [4.78, 5) is 11.7. The molecule has 0 bridgehead atoms. The van der Waals surface area contributed by atoms with E-state index >= 15 is 0 Å². The first kappa shape index (κ1) is 18.1. The summed E-state index contributed by atoms with van der Waals surface area (Å²) in [7, 11) is 1.51. The van der Waals surface area contributed by atoms with Gasteiger partial charge in [-0.2, -0.15) is 5.26 Å². The molecule has 25 heavy (non-hydrogen) atoms. The minimum Gasteiger partial charge on any atom is -0.493 e. The van der Waals surface area contributed by atoms with Crippen LogP contribution in [0.25, 0.3) is 0 Å². The van der Waals surface area contributed by atoms with Gasteiger partial charge in [-0.05, 0) is 57.2 Å². The van der Waals surface area contributed by atoms with Gasteiger partial charge in [0.25, 0.3) is 0 Å². The Hall–Kier alpha value is -3.20. The quantitative estimate of drug-likeness (QED) is 0.872. The van der Waals surface area contributed by atoms with Crippen LogP contribution in [-0.4, -0.2) is 18.8 Å². The molecule has 2 rings (SSSR count). The first-order valence-corrected chi connectivity index (χ1v) is 7.67. The topological polar surface area (TPSA) is 80.6 Å². The lowest BCUT2D eigenvalue weighted by atomic mass is 10.2. The van der Waals surface area contributed by atoms with Crippen molar-refractivity contribution in [2.75, 3.05) is 12.4 Å². The summed E-state index contributed by atoms with van der Waals surface area (Å²) in [5.41, 5.74) is 0.522. The van der Waals surface area contributed by atoms with E-state index in [4.69, 9.17) is 19.5 Å². The van der Waals surface area contributed by atoms with E-state index in [0.717, 1.165) is 0 Å². The Kier molecular flexibility index (Phi) is 5.50. The summed E-state index contributed by atoms with van der Waals surface area (Å²) < 4.78 is 16.2. The van der Waals surface area contributed by atoms with Gasteiger partial charge in [0.1, 0.15) is 11.4 Å². The SMILES string of the molecule is COc1cc(C#N)ccc1Oc1ccc(NC(=O)OC(C)(C)C)cc1. The van der Waals surface area contributed by atoms with Crippen molar-refractivity contribution in [1.82, 2.24) is 0 Å². The molecular weight excluding hydrogens is 320 g/mol. The first-order valence-electron chi connectivity index (χ1n) is 7.67. The largest absolute Gasteiger partial charge is 0.493 e. The summed E-state index contributed by atoms with van der Waals surface area (Å²) in [6, 6.07) is 13.8. The summed E-state index contributed by atoms with van der Waals surface area (Å²) >= 11 is 0. The second kappa shape index (κ2) is 7.58. The molecule has 0 fully saturated rings. The van der Waals surface area contributed by atoms with E-state index in [0.29, 0.717) is 28.5 Å². The molecule has 0 unspecified atom stereocenters. The second-order valence-corrected chi connectivity index (χ2v) is 6.23. The molecule has 6 nitrogen and oxygen atoms in total. The van der Waals surface area contributed by atoms with E-state index in [1.54, 1.807) is 63.2 Å². The minimum absolute atomic E-state index is 0.468. The fourth-order valence-electron chi connectivity index (χ4n) is 1.98. The van der Waals surface area contributed by atoms with Gasteiger partial charge in [-0.3, -0.25) is 5.32 Å². The maximum Gasteiger partial charge on any atom is 0.412 e. The van der Waals surface area contributed by atoms with Gasteiger partial charge in [-0.1, -0.05) is 0 Å². The lowest BCUT2D eigenvalue weighted by Gasteiger charge is -2.19. The van der Waals surface area contributed by atoms with Gasteiger partial charge in [0.05, 0.1) is 18.7 Å². The van der Waals surface area contributed by atoms with Crippen LogP contribution in [0.5, 0.6) is 17.2 Å². The predicted octanol–water partition coefficient (Wildman–Crippen LogP) is 4.71. The highest BCUT2D eigenvalue weighted by Crippen LogP contribution is 2.32. The van der Waals surface area contributed by atoms with E-state index in [1.807, 2.05) is 6.07 Å². The van der Waals surface area contributed by atoms with E-state index in [1.165, 1.54) is 7.11 Å². The predicted molar refractivity (Wildman–Crippen MR) is 94.1 cm³/mol. The van der Waals surface area contributed by atoms with Crippen LogP contribution < -0.4 is 14.8 Å². The third kappa shape index (κ3) is 5.43. The number of methoxy groups -OCH3 is 1. The average molecular weight is 340 g/mol. The van der Waals surface area contributed by atoms with Crippen LogP contribution in [0, 0.1) is 11.3 Å². The Bertz CT molecular complexity index is 787. The molecule has 6 heteroatoms. The molecule has 0 spiro atoms. The summed E-state index contributed by atoms with van der Waals surface area (Å²) in [5, 5.41) is 11.6. The number of anilines is 1. The molecule has 0 saturated carbocycles. The number of ether oxygens (including phenoxy) is 3. The van der Waals surface area contributed by atoms with Crippen molar-refractivity contribution in [2.24, 2.45) is 0 Å². The van der Waals surface area contributed by atoms with Crippen LogP contribution >= 0.6 is 0 Å². The van der Waals surface area contributed by atoms with Crippen molar-refractivity contribution < 1.29 is 19.0 Å². The van der Waals surface area contributed by atoms with Gasteiger partial charge >= 0.3 is 6.09 Å². The van der Waals surface area contributed by atoms with E-state index in [2.05, 4.69) is 5.32 Å². The molecule has 130 valence electrons. The van der Waals surface area contributed by atoms with Crippen LogP contribution in [0.3, 0.4) is 0 Å². The van der Waals surface area contributed by atoms with Crippen molar-refractivity contribution in [3.8, 4) is 23.3 Å². The lowest BCUT2D eigenvalue weighted by Crippen LogP contribution is -2.27. The number of nitrogens with zero attached hydrogens (tertiary/aromatic N) is 1. The number of nitrogens with one attached hydrogen (secondary N) is 1. The van der Waals surface area contributed by atoms with Crippen molar-refractivity contribution in [3.05, 3.63) is 48.0 Å². The third-order valence-electron chi connectivity index (χ3n) is 3.02. The number of benzene rings is 2. The molecule has 0 aromatic heterocycles. The highest BCUT2D eigenvalue weighted by Gasteiger charge is 2.16. The zero-order chi connectivity index (χ0) is 18.4. The summed E-state index contributed by atoms with van der Waals surface area (Å²) in [6.45, 7) is 5.40. The number of nitriles is 1. The molecule has 1 amide bonds. The fraction of sp³-hybridized carbons (Fsp3) is 0.263. The molecular formula is C19H20N2O4. The Balaban J connectivity index is 2.06. The number of rotatable bonds is 4. The van der Waals surface area contributed by atoms with Gasteiger partial charge in [0, 0.05) is 11.8 Å². The highest BCUT2D eigenvalue weighted by atomic mass is 16.6. The number of amides is 1. The molecule has 0 radical (unpaired) electrons. The van der Waals surface area contributed by atoms with E-state index in [9.17, 15) is 4.79 Å². The third-order valence-corrected chi connectivity index (χ3v) is 3.02. The molecule has 2 aromatic carbocycles. The van der Waals surface area contributed by atoms with Gasteiger partial charge < -0.3 is 14.2 Å².